The van der Waals surface area contributed by atoms with Crippen molar-refractivity contribution in [2.45, 2.75) is 26.2 Å². The monoisotopic (exact) mass is 324 g/mol. The summed E-state index contributed by atoms with van der Waals surface area (Å²) in [6.45, 7) is 4.08. The Balaban J connectivity index is 1.63. The molecule has 4 nitrogen and oxygen atoms in total. The largest absolute Gasteiger partial charge is 0.356 e. The fourth-order valence-corrected chi connectivity index (χ4v) is 3.24. The highest BCUT2D eigenvalue weighted by Gasteiger charge is 2.27. The minimum atomic E-state index is 0.0391. The van der Waals surface area contributed by atoms with Gasteiger partial charge in [0.05, 0.1) is 0 Å². The van der Waals surface area contributed by atoms with Crippen LogP contribution in [0.3, 0.4) is 0 Å². The third-order valence-corrected chi connectivity index (χ3v) is 4.70. The molecule has 0 radical (unpaired) electrons. The molecule has 24 heavy (non-hydrogen) atoms. The molecule has 1 saturated heterocycles. The SMILES string of the molecule is CCCNC(=O)C1CCN(C(=O)c2ccc3ccccc3c2)CC1. The van der Waals surface area contributed by atoms with Gasteiger partial charge < -0.3 is 10.2 Å². The molecule has 2 aromatic rings. The average molecular weight is 324 g/mol. The van der Waals surface area contributed by atoms with Gasteiger partial charge in [0, 0.05) is 31.1 Å². The van der Waals surface area contributed by atoms with Gasteiger partial charge in [-0.05, 0) is 42.2 Å². The van der Waals surface area contributed by atoms with E-state index in [0.717, 1.165) is 42.1 Å². The number of nitrogens with zero attached hydrogens (tertiary/aromatic N) is 1. The first-order chi connectivity index (χ1) is 11.7. The van der Waals surface area contributed by atoms with E-state index in [1.54, 1.807) is 0 Å². The quantitative estimate of drug-likeness (QED) is 0.939. The Hall–Kier alpha value is -2.36. The molecule has 0 unspecified atom stereocenters. The van der Waals surface area contributed by atoms with Crippen LogP contribution in [0, 0.1) is 5.92 Å². The summed E-state index contributed by atoms with van der Waals surface area (Å²) >= 11 is 0. The maximum Gasteiger partial charge on any atom is 0.253 e. The van der Waals surface area contributed by atoms with Gasteiger partial charge in [-0.15, -0.1) is 0 Å². The maximum atomic E-state index is 12.7. The van der Waals surface area contributed by atoms with Crippen LogP contribution < -0.4 is 5.32 Å². The molecule has 2 aromatic carbocycles. The molecule has 0 spiro atoms. The second kappa shape index (κ2) is 7.47. The molecular formula is C20H24N2O2. The number of hydrogen-bond donors (Lipinski definition) is 1. The molecule has 1 heterocycles. The van der Waals surface area contributed by atoms with E-state index in [4.69, 9.17) is 0 Å². The van der Waals surface area contributed by atoms with Crippen LogP contribution in [0.5, 0.6) is 0 Å². The lowest BCUT2D eigenvalue weighted by Crippen LogP contribution is -2.43. The van der Waals surface area contributed by atoms with Crippen LogP contribution in [0.25, 0.3) is 10.8 Å². The molecule has 2 amide bonds. The lowest BCUT2D eigenvalue weighted by molar-refractivity contribution is -0.126. The zero-order valence-electron chi connectivity index (χ0n) is 14.1. The highest BCUT2D eigenvalue weighted by atomic mass is 16.2. The minimum Gasteiger partial charge on any atom is -0.356 e. The Morgan fingerprint density at radius 3 is 2.50 bits per heavy atom. The molecule has 1 aliphatic rings. The summed E-state index contributed by atoms with van der Waals surface area (Å²) in [6.07, 6.45) is 2.44. The minimum absolute atomic E-state index is 0.0391. The summed E-state index contributed by atoms with van der Waals surface area (Å²) in [5, 5.41) is 5.18. The Morgan fingerprint density at radius 2 is 1.79 bits per heavy atom. The fourth-order valence-electron chi connectivity index (χ4n) is 3.24. The number of piperidine rings is 1. The summed E-state index contributed by atoms with van der Waals surface area (Å²) < 4.78 is 0. The summed E-state index contributed by atoms with van der Waals surface area (Å²) in [7, 11) is 0. The number of fused-ring (bicyclic) bond motifs is 1. The zero-order chi connectivity index (χ0) is 16.9. The van der Waals surface area contributed by atoms with Gasteiger partial charge in [-0.25, -0.2) is 0 Å². The zero-order valence-corrected chi connectivity index (χ0v) is 14.1. The molecule has 126 valence electrons. The van der Waals surface area contributed by atoms with E-state index >= 15 is 0 Å². The van der Waals surface area contributed by atoms with Crippen molar-refractivity contribution in [1.82, 2.24) is 10.2 Å². The first kappa shape index (κ1) is 16.5. The van der Waals surface area contributed by atoms with Crippen molar-refractivity contribution in [3.63, 3.8) is 0 Å². The Morgan fingerprint density at radius 1 is 1.08 bits per heavy atom. The number of likely N-dealkylation sites (tertiary alicyclic amines) is 1. The standard InChI is InChI=1S/C20H24N2O2/c1-2-11-21-19(23)16-9-12-22(13-10-16)20(24)18-8-7-15-5-3-4-6-17(15)14-18/h3-8,14,16H,2,9-13H2,1H3,(H,21,23). The van der Waals surface area contributed by atoms with Crippen molar-refractivity contribution in [2.24, 2.45) is 5.92 Å². The Kier molecular flexibility index (Phi) is 5.14. The van der Waals surface area contributed by atoms with E-state index in [9.17, 15) is 9.59 Å². The molecule has 1 N–H and O–H groups in total. The van der Waals surface area contributed by atoms with Gasteiger partial charge in [-0.2, -0.15) is 0 Å². The van der Waals surface area contributed by atoms with Crippen LogP contribution in [0.1, 0.15) is 36.5 Å². The number of carbonyl (C=O) groups is 2. The number of carbonyl (C=O) groups excluding carboxylic acids is 2. The van der Waals surface area contributed by atoms with Crippen LogP contribution in [-0.4, -0.2) is 36.3 Å². The van der Waals surface area contributed by atoms with Crippen LogP contribution in [0.2, 0.25) is 0 Å². The van der Waals surface area contributed by atoms with Crippen LogP contribution in [0.4, 0.5) is 0 Å². The van der Waals surface area contributed by atoms with Gasteiger partial charge in [0.25, 0.3) is 5.91 Å². The third kappa shape index (κ3) is 3.58. The molecule has 1 aliphatic heterocycles. The molecule has 0 bridgehead atoms. The van der Waals surface area contributed by atoms with Crippen molar-refractivity contribution in [1.29, 1.82) is 0 Å². The van der Waals surface area contributed by atoms with E-state index in [2.05, 4.69) is 5.32 Å². The highest BCUT2D eigenvalue weighted by molar-refractivity contribution is 5.98. The molecular weight excluding hydrogens is 300 g/mol. The molecule has 4 heteroatoms. The Labute approximate surface area is 142 Å². The normalized spacial score (nSPS) is 15.5. The highest BCUT2D eigenvalue weighted by Crippen LogP contribution is 2.21. The van der Waals surface area contributed by atoms with E-state index in [-0.39, 0.29) is 17.7 Å². The van der Waals surface area contributed by atoms with E-state index in [0.29, 0.717) is 13.1 Å². The first-order valence-corrected chi connectivity index (χ1v) is 8.75. The van der Waals surface area contributed by atoms with Crippen LogP contribution in [0.15, 0.2) is 42.5 Å². The lowest BCUT2D eigenvalue weighted by atomic mass is 9.95. The summed E-state index contributed by atoms with van der Waals surface area (Å²) in [5.41, 5.74) is 0.725. The van der Waals surface area contributed by atoms with Crippen molar-refractivity contribution in [3.8, 4) is 0 Å². The van der Waals surface area contributed by atoms with Crippen molar-refractivity contribution >= 4 is 22.6 Å². The Bertz CT molecular complexity index is 733. The lowest BCUT2D eigenvalue weighted by Gasteiger charge is -2.31. The van der Waals surface area contributed by atoms with Gasteiger partial charge in [0.1, 0.15) is 0 Å². The van der Waals surface area contributed by atoms with E-state index in [1.807, 2.05) is 54.3 Å². The van der Waals surface area contributed by atoms with Gasteiger partial charge in [-0.1, -0.05) is 37.3 Å². The molecule has 0 aliphatic carbocycles. The second-order valence-electron chi connectivity index (χ2n) is 6.42. The first-order valence-electron chi connectivity index (χ1n) is 8.75. The van der Waals surface area contributed by atoms with Crippen molar-refractivity contribution in [2.75, 3.05) is 19.6 Å². The molecule has 1 fully saturated rings. The average Bonchev–Trinajstić information content (AvgIpc) is 2.65. The summed E-state index contributed by atoms with van der Waals surface area (Å²) in [6, 6.07) is 13.9. The van der Waals surface area contributed by atoms with Crippen molar-refractivity contribution in [3.05, 3.63) is 48.0 Å². The van der Waals surface area contributed by atoms with E-state index in [1.165, 1.54) is 0 Å². The molecule has 0 atom stereocenters. The molecule has 0 aromatic heterocycles. The van der Waals surface area contributed by atoms with Crippen LogP contribution >= 0.6 is 0 Å². The number of amides is 2. The third-order valence-electron chi connectivity index (χ3n) is 4.70. The van der Waals surface area contributed by atoms with Crippen molar-refractivity contribution < 1.29 is 9.59 Å². The number of nitrogens with one attached hydrogen (secondary N) is 1. The van der Waals surface area contributed by atoms with Crippen LogP contribution in [-0.2, 0) is 4.79 Å². The smallest absolute Gasteiger partial charge is 0.253 e. The van der Waals surface area contributed by atoms with E-state index < -0.39 is 0 Å². The predicted molar refractivity (Wildman–Crippen MR) is 95.9 cm³/mol. The predicted octanol–water partition coefficient (Wildman–Crippen LogP) is 3.22. The molecule has 3 rings (SSSR count). The number of hydrogen-bond acceptors (Lipinski definition) is 2. The topological polar surface area (TPSA) is 49.4 Å². The number of rotatable bonds is 4. The van der Waals surface area contributed by atoms with Gasteiger partial charge in [0.15, 0.2) is 0 Å². The second-order valence-corrected chi connectivity index (χ2v) is 6.42. The summed E-state index contributed by atoms with van der Waals surface area (Å²) in [4.78, 5) is 26.6. The fraction of sp³-hybridized carbons (Fsp3) is 0.400. The van der Waals surface area contributed by atoms with Gasteiger partial charge in [0.2, 0.25) is 5.91 Å². The molecule has 0 saturated carbocycles. The van der Waals surface area contributed by atoms with Gasteiger partial charge in [-0.3, -0.25) is 9.59 Å². The number of benzene rings is 2. The maximum absolute atomic E-state index is 12.7. The van der Waals surface area contributed by atoms with Gasteiger partial charge >= 0.3 is 0 Å². The summed E-state index contributed by atoms with van der Waals surface area (Å²) in [5.74, 6) is 0.236.